The highest BCUT2D eigenvalue weighted by molar-refractivity contribution is 5.72. The third kappa shape index (κ3) is 4.05. The Kier molecular flexibility index (Phi) is 5.18. The van der Waals surface area contributed by atoms with Crippen molar-refractivity contribution >= 4 is 5.91 Å². The normalized spacial score (nSPS) is 14.1. The van der Waals surface area contributed by atoms with E-state index >= 15 is 0 Å². The van der Waals surface area contributed by atoms with Gasteiger partial charge in [-0.1, -0.05) is 0 Å². The second kappa shape index (κ2) is 6.42. The molecule has 0 saturated heterocycles. The van der Waals surface area contributed by atoms with Crippen molar-refractivity contribution in [3.8, 4) is 0 Å². The quantitative estimate of drug-likeness (QED) is 0.714. The van der Waals surface area contributed by atoms with Crippen LogP contribution in [0, 0.1) is 12.7 Å². The minimum absolute atomic E-state index is 0.121. The number of nitrogens with one attached hydrogen (secondary N) is 1. The van der Waals surface area contributed by atoms with E-state index in [1.165, 1.54) is 19.1 Å². The number of aliphatic hydroxyl groups excluding tert-OH is 2. The number of halogens is 1. The van der Waals surface area contributed by atoms with Crippen LogP contribution in [0.5, 0.6) is 0 Å². The predicted molar refractivity (Wildman–Crippen MR) is 63.2 cm³/mol. The summed E-state index contributed by atoms with van der Waals surface area (Å²) in [5, 5.41) is 22.0. The van der Waals surface area contributed by atoms with E-state index in [1.54, 1.807) is 6.92 Å². The van der Waals surface area contributed by atoms with Crippen LogP contribution in [0.2, 0.25) is 0 Å². The Morgan fingerprint density at radius 1 is 1.50 bits per heavy atom. The van der Waals surface area contributed by atoms with E-state index in [0.717, 1.165) is 0 Å². The molecule has 0 bridgehead atoms. The number of pyridine rings is 1. The van der Waals surface area contributed by atoms with E-state index in [9.17, 15) is 19.4 Å². The molecule has 1 amide bonds. The van der Waals surface area contributed by atoms with Gasteiger partial charge in [0.1, 0.15) is 17.6 Å². The van der Waals surface area contributed by atoms with Crippen LogP contribution in [-0.4, -0.2) is 33.8 Å². The molecule has 100 valence electrons. The number of carbonyl (C=O) groups is 1. The SMILES string of the molecule is CC(=O)NCCC(O)C(O)c1nc(C)ccc1F. The molecule has 0 spiro atoms. The van der Waals surface area contributed by atoms with Crippen molar-refractivity contribution in [2.75, 3.05) is 6.54 Å². The molecule has 1 heterocycles. The molecule has 1 rings (SSSR count). The summed E-state index contributed by atoms with van der Waals surface area (Å²) in [6.07, 6.45) is -2.46. The molecule has 3 N–H and O–H groups in total. The van der Waals surface area contributed by atoms with E-state index in [2.05, 4.69) is 10.3 Å². The molecule has 0 saturated carbocycles. The van der Waals surface area contributed by atoms with Gasteiger partial charge in [-0.05, 0) is 25.5 Å². The number of hydrogen-bond acceptors (Lipinski definition) is 4. The summed E-state index contributed by atoms with van der Waals surface area (Å²) < 4.78 is 13.4. The Labute approximate surface area is 105 Å². The lowest BCUT2D eigenvalue weighted by Gasteiger charge is -2.18. The number of hydrogen-bond donors (Lipinski definition) is 3. The molecule has 1 aromatic heterocycles. The summed E-state index contributed by atoms with van der Waals surface area (Å²) in [5.74, 6) is -0.886. The molecular weight excluding hydrogens is 239 g/mol. The monoisotopic (exact) mass is 256 g/mol. The summed E-state index contributed by atoms with van der Waals surface area (Å²) in [7, 11) is 0. The summed E-state index contributed by atoms with van der Waals surface area (Å²) in [5.41, 5.74) is 0.379. The first-order valence-electron chi connectivity index (χ1n) is 5.65. The number of amides is 1. The Bertz CT molecular complexity index is 426. The first kappa shape index (κ1) is 14.5. The van der Waals surface area contributed by atoms with E-state index < -0.39 is 18.0 Å². The van der Waals surface area contributed by atoms with Gasteiger partial charge >= 0.3 is 0 Å². The Balaban J connectivity index is 2.64. The molecule has 0 radical (unpaired) electrons. The van der Waals surface area contributed by atoms with Crippen molar-refractivity contribution in [1.82, 2.24) is 10.3 Å². The second-order valence-electron chi connectivity index (χ2n) is 4.10. The number of nitrogens with zero attached hydrogens (tertiary/aromatic N) is 1. The average Bonchev–Trinajstić information content (AvgIpc) is 2.30. The number of carbonyl (C=O) groups excluding carboxylic acids is 1. The summed E-state index contributed by atoms with van der Waals surface area (Å²) in [6, 6.07) is 2.68. The number of aliphatic hydroxyl groups is 2. The molecule has 0 aliphatic carbocycles. The highest BCUT2D eigenvalue weighted by Crippen LogP contribution is 2.20. The highest BCUT2D eigenvalue weighted by Gasteiger charge is 2.22. The molecule has 0 aromatic carbocycles. The molecular formula is C12H17FN2O3. The van der Waals surface area contributed by atoms with Gasteiger partial charge in [0.2, 0.25) is 5.91 Å². The smallest absolute Gasteiger partial charge is 0.216 e. The molecule has 0 aliphatic heterocycles. The standard InChI is InChI=1S/C12H17FN2O3/c1-7-3-4-9(13)11(15-7)12(18)10(17)5-6-14-8(2)16/h3-4,10,12,17-18H,5-6H2,1-2H3,(H,14,16). The number of aryl methyl sites for hydroxylation is 1. The van der Waals surface area contributed by atoms with Crippen molar-refractivity contribution in [3.63, 3.8) is 0 Å². The van der Waals surface area contributed by atoms with E-state index in [1.807, 2.05) is 0 Å². The van der Waals surface area contributed by atoms with Gasteiger partial charge in [0, 0.05) is 19.2 Å². The van der Waals surface area contributed by atoms with Crippen LogP contribution in [0.25, 0.3) is 0 Å². The maximum atomic E-state index is 13.4. The van der Waals surface area contributed by atoms with E-state index in [0.29, 0.717) is 5.69 Å². The van der Waals surface area contributed by atoms with Crippen LogP contribution in [0.1, 0.15) is 30.8 Å². The maximum Gasteiger partial charge on any atom is 0.216 e. The predicted octanol–water partition coefficient (Wildman–Crippen LogP) is 0.450. The molecule has 0 fully saturated rings. The van der Waals surface area contributed by atoms with Crippen LogP contribution in [0.3, 0.4) is 0 Å². The minimum Gasteiger partial charge on any atom is -0.390 e. The Hall–Kier alpha value is -1.53. The van der Waals surface area contributed by atoms with Gasteiger partial charge < -0.3 is 15.5 Å². The van der Waals surface area contributed by atoms with Gasteiger partial charge in [-0.25, -0.2) is 4.39 Å². The summed E-state index contributed by atoms with van der Waals surface area (Å²) in [6.45, 7) is 3.23. The largest absolute Gasteiger partial charge is 0.390 e. The number of rotatable bonds is 5. The van der Waals surface area contributed by atoms with Gasteiger partial charge in [0.25, 0.3) is 0 Å². The van der Waals surface area contributed by atoms with Gasteiger partial charge in [0.05, 0.1) is 6.10 Å². The molecule has 1 aromatic rings. The van der Waals surface area contributed by atoms with Crippen LogP contribution in [-0.2, 0) is 4.79 Å². The zero-order valence-corrected chi connectivity index (χ0v) is 10.4. The average molecular weight is 256 g/mol. The van der Waals surface area contributed by atoms with Crippen LogP contribution in [0.15, 0.2) is 12.1 Å². The van der Waals surface area contributed by atoms with Gasteiger partial charge in [-0.3, -0.25) is 9.78 Å². The van der Waals surface area contributed by atoms with Crippen LogP contribution in [0.4, 0.5) is 4.39 Å². The fourth-order valence-corrected chi connectivity index (χ4v) is 1.50. The van der Waals surface area contributed by atoms with E-state index in [-0.39, 0.29) is 24.6 Å². The first-order chi connectivity index (χ1) is 8.41. The summed E-state index contributed by atoms with van der Waals surface area (Å²) in [4.78, 5) is 14.5. The zero-order chi connectivity index (χ0) is 13.7. The third-order valence-corrected chi connectivity index (χ3v) is 2.47. The van der Waals surface area contributed by atoms with Crippen molar-refractivity contribution in [2.24, 2.45) is 0 Å². The van der Waals surface area contributed by atoms with Crippen molar-refractivity contribution < 1.29 is 19.4 Å². The van der Waals surface area contributed by atoms with E-state index in [4.69, 9.17) is 0 Å². The second-order valence-corrected chi connectivity index (χ2v) is 4.10. The van der Waals surface area contributed by atoms with Crippen molar-refractivity contribution in [1.29, 1.82) is 0 Å². The molecule has 18 heavy (non-hydrogen) atoms. The third-order valence-electron chi connectivity index (χ3n) is 2.47. The highest BCUT2D eigenvalue weighted by atomic mass is 19.1. The Morgan fingerprint density at radius 2 is 2.17 bits per heavy atom. The van der Waals surface area contributed by atoms with Gasteiger partial charge in [0.15, 0.2) is 0 Å². The lowest BCUT2D eigenvalue weighted by Crippen LogP contribution is -2.28. The van der Waals surface area contributed by atoms with Crippen molar-refractivity contribution in [2.45, 2.75) is 32.5 Å². The summed E-state index contributed by atoms with van der Waals surface area (Å²) >= 11 is 0. The first-order valence-corrected chi connectivity index (χ1v) is 5.65. The molecule has 6 heteroatoms. The lowest BCUT2D eigenvalue weighted by atomic mass is 10.1. The maximum absolute atomic E-state index is 13.4. The molecule has 5 nitrogen and oxygen atoms in total. The van der Waals surface area contributed by atoms with Gasteiger partial charge in [-0.15, -0.1) is 0 Å². The lowest BCUT2D eigenvalue weighted by molar-refractivity contribution is -0.119. The molecule has 2 atom stereocenters. The van der Waals surface area contributed by atoms with Gasteiger partial charge in [-0.2, -0.15) is 0 Å². The van der Waals surface area contributed by atoms with Crippen LogP contribution >= 0.6 is 0 Å². The fraction of sp³-hybridized carbons (Fsp3) is 0.500. The molecule has 0 aliphatic rings. The fourth-order valence-electron chi connectivity index (χ4n) is 1.50. The topological polar surface area (TPSA) is 82.5 Å². The van der Waals surface area contributed by atoms with Crippen LogP contribution < -0.4 is 5.32 Å². The zero-order valence-electron chi connectivity index (χ0n) is 10.4. The molecule has 2 unspecified atom stereocenters. The van der Waals surface area contributed by atoms with Crippen molar-refractivity contribution in [3.05, 3.63) is 29.3 Å². The minimum atomic E-state index is -1.40. The Morgan fingerprint density at radius 3 is 2.78 bits per heavy atom. The number of aromatic nitrogens is 1.